The van der Waals surface area contributed by atoms with Crippen molar-refractivity contribution >= 4 is 22.6 Å². The summed E-state index contributed by atoms with van der Waals surface area (Å²) in [6.07, 6.45) is 0.0860. The highest BCUT2D eigenvalue weighted by Crippen LogP contribution is 2.33. The molecule has 0 radical (unpaired) electrons. The van der Waals surface area contributed by atoms with Gasteiger partial charge < -0.3 is 9.47 Å². The first-order valence-electron chi connectivity index (χ1n) is 6.65. The van der Waals surface area contributed by atoms with Crippen LogP contribution in [0.25, 0.3) is 0 Å². The molecule has 0 aliphatic heterocycles. The van der Waals surface area contributed by atoms with Crippen molar-refractivity contribution in [3.05, 3.63) is 65.7 Å². The predicted molar refractivity (Wildman–Crippen MR) is 90.6 cm³/mol. The lowest BCUT2D eigenvalue weighted by Crippen LogP contribution is -2.10. The lowest BCUT2D eigenvalue weighted by atomic mass is 10.1. The van der Waals surface area contributed by atoms with Gasteiger partial charge in [-0.2, -0.15) is 0 Å². The summed E-state index contributed by atoms with van der Waals surface area (Å²) in [7, 11) is 1.70. The summed E-state index contributed by atoms with van der Waals surface area (Å²) >= 11 is 2.36. The van der Waals surface area contributed by atoms with Crippen LogP contribution in [0.15, 0.2) is 54.6 Å². The molecule has 0 aromatic heterocycles. The Kier molecular flexibility index (Phi) is 5.86. The average Bonchev–Trinajstić information content (AvgIpc) is 2.53. The first-order valence-corrected chi connectivity index (χ1v) is 8.18. The number of alkyl halides is 1. The van der Waals surface area contributed by atoms with Crippen molar-refractivity contribution < 1.29 is 9.47 Å². The normalized spacial score (nSPS) is 13.8. The molecule has 2 atom stereocenters. The van der Waals surface area contributed by atoms with Gasteiger partial charge in [0.1, 0.15) is 5.75 Å². The van der Waals surface area contributed by atoms with E-state index in [0.29, 0.717) is 0 Å². The van der Waals surface area contributed by atoms with E-state index < -0.39 is 0 Å². The Balaban J connectivity index is 2.17. The number of para-hydroxylation sites is 1. The zero-order valence-electron chi connectivity index (χ0n) is 11.8. The molecule has 2 nitrogen and oxygen atoms in total. The molecule has 2 aromatic carbocycles. The van der Waals surface area contributed by atoms with Gasteiger partial charge in [0.15, 0.2) is 0 Å². The Morgan fingerprint density at radius 1 is 1.00 bits per heavy atom. The maximum Gasteiger partial charge on any atom is 0.124 e. The van der Waals surface area contributed by atoms with Crippen LogP contribution in [0.5, 0.6) is 5.75 Å². The van der Waals surface area contributed by atoms with Gasteiger partial charge in [-0.1, -0.05) is 71.1 Å². The maximum absolute atomic E-state index is 6.23. The van der Waals surface area contributed by atoms with E-state index in [1.54, 1.807) is 7.11 Å². The van der Waals surface area contributed by atoms with Crippen molar-refractivity contribution in [3.8, 4) is 5.75 Å². The van der Waals surface area contributed by atoms with Crippen molar-refractivity contribution in [1.29, 1.82) is 0 Å². The van der Waals surface area contributed by atoms with E-state index in [1.807, 2.05) is 36.4 Å². The summed E-state index contributed by atoms with van der Waals surface area (Å²) in [5, 5.41) is 0. The molecule has 0 amide bonds. The van der Waals surface area contributed by atoms with E-state index in [-0.39, 0.29) is 12.2 Å². The smallest absolute Gasteiger partial charge is 0.124 e. The first kappa shape index (κ1) is 15.3. The molecule has 2 aromatic rings. The van der Waals surface area contributed by atoms with E-state index in [2.05, 4.69) is 47.7 Å². The van der Waals surface area contributed by atoms with Crippen LogP contribution in [0, 0.1) is 0 Å². The summed E-state index contributed by atoms with van der Waals surface area (Å²) in [6.45, 7) is 2.09. The zero-order valence-corrected chi connectivity index (χ0v) is 13.9. The zero-order chi connectivity index (χ0) is 14.4. The molecule has 0 fully saturated rings. The number of methoxy groups -OCH3 is 1. The van der Waals surface area contributed by atoms with Gasteiger partial charge in [0.05, 0.1) is 19.3 Å². The first-order chi connectivity index (χ1) is 9.76. The molecule has 20 heavy (non-hydrogen) atoms. The molecular formula is C17H19IO2. The molecule has 0 aliphatic rings. The minimum Gasteiger partial charge on any atom is -0.496 e. The topological polar surface area (TPSA) is 18.5 Å². The highest BCUT2D eigenvalue weighted by Gasteiger charge is 2.18. The van der Waals surface area contributed by atoms with Gasteiger partial charge in [0.25, 0.3) is 0 Å². The van der Waals surface area contributed by atoms with Crippen LogP contribution in [0.2, 0.25) is 0 Å². The van der Waals surface area contributed by atoms with Crippen LogP contribution in [0.3, 0.4) is 0 Å². The fraction of sp³-hybridized carbons (Fsp3) is 0.294. The minimum atomic E-state index is 0.0296. The highest BCUT2D eigenvalue weighted by atomic mass is 127. The number of hydrogen-bond acceptors (Lipinski definition) is 2. The molecule has 106 valence electrons. The Morgan fingerprint density at radius 3 is 2.30 bits per heavy atom. The Bertz CT molecular complexity index is 528. The molecule has 0 aliphatic carbocycles. The van der Waals surface area contributed by atoms with Crippen LogP contribution < -0.4 is 4.74 Å². The number of hydrogen-bond donors (Lipinski definition) is 0. The fourth-order valence-corrected chi connectivity index (χ4v) is 2.86. The average molecular weight is 382 g/mol. The molecular weight excluding hydrogens is 363 g/mol. The van der Waals surface area contributed by atoms with E-state index in [0.717, 1.165) is 15.7 Å². The second-order valence-corrected chi connectivity index (χ2v) is 5.45. The van der Waals surface area contributed by atoms with Gasteiger partial charge >= 0.3 is 0 Å². The molecule has 0 saturated heterocycles. The molecule has 0 spiro atoms. The minimum absolute atomic E-state index is 0.0296. The summed E-state index contributed by atoms with van der Waals surface area (Å²) in [5.41, 5.74) is 2.30. The van der Waals surface area contributed by atoms with Crippen LogP contribution in [0.4, 0.5) is 0 Å². The second-order valence-electron chi connectivity index (χ2n) is 4.57. The maximum atomic E-state index is 6.23. The third kappa shape index (κ3) is 3.73. The van der Waals surface area contributed by atoms with Gasteiger partial charge in [-0.3, -0.25) is 0 Å². The SMILES string of the molecule is COc1ccccc1C(CI)OC(C)c1ccccc1. The largest absolute Gasteiger partial charge is 0.496 e. The van der Waals surface area contributed by atoms with E-state index in [9.17, 15) is 0 Å². The number of benzene rings is 2. The van der Waals surface area contributed by atoms with Crippen LogP contribution in [0.1, 0.15) is 30.3 Å². The lowest BCUT2D eigenvalue weighted by Gasteiger charge is -2.23. The van der Waals surface area contributed by atoms with Crippen molar-refractivity contribution in [2.24, 2.45) is 0 Å². The second kappa shape index (κ2) is 7.64. The van der Waals surface area contributed by atoms with Crippen LogP contribution >= 0.6 is 22.6 Å². The van der Waals surface area contributed by atoms with Gasteiger partial charge in [0.2, 0.25) is 0 Å². The van der Waals surface area contributed by atoms with Crippen molar-refractivity contribution in [3.63, 3.8) is 0 Å². The van der Waals surface area contributed by atoms with Gasteiger partial charge in [-0.15, -0.1) is 0 Å². The molecule has 2 rings (SSSR count). The fourth-order valence-electron chi connectivity index (χ4n) is 2.17. The highest BCUT2D eigenvalue weighted by molar-refractivity contribution is 14.1. The Labute approximate surface area is 134 Å². The van der Waals surface area contributed by atoms with Gasteiger partial charge in [-0.25, -0.2) is 0 Å². The molecule has 2 unspecified atom stereocenters. The van der Waals surface area contributed by atoms with E-state index >= 15 is 0 Å². The summed E-state index contributed by atoms with van der Waals surface area (Å²) in [4.78, 5) is 0. The number of rotatable bonds is 6. The van der Waals surface area contributed by atoms with Crippen molar-refractivity contribution in [2.45, 2.75) is 19.1 Å². The molecule has 0 saturated carbocycles. The third-order valence-corrected chi connectivity index (χ3v) is 4.06. The van der Waals surface area contributed by atoms with Crippen molar-refractivity contribution in [2.75, 3.05) is 11.5 Å². The van der Waals surface area contributed by atoms with Crippen molar-refractivity contribution in [1.82, 2.24) is 0 Å². The standard InChI is InChI=1S/C17H19IO2/c1-13(14-8-4-3-5-9-14)20-17(12-18)15-10-6-7-11-16(15)19-2/h3-11,13,17H,12H2,1-2H3. The van der Waals surface area contributed by atoms with Crippen LogP contribution in [-0.4, -0.2) is 11.5 Å². The predicted octanol–water partition coefficient (Wildman–Crippen LogP) is 4.95. The van der Waals surface area contributed by atoms with E-state index in [1.165, 1.54) is 5.56 Å². The summed E-state index contributed by atoms with van der Waals surface area (Å²) < 4.78 is 12.5. The quantitative estimate of drug-likeness (QED) is 0.520. The number of halogens is 1. The molecule has 0 bridgehead atoms. The monoisotopic (exact) mass is 382 g/mol. The lowest BCUT2D eigenvalue weighted by molar-refractivity contribution is 0.00913. The Morgan fingerprint density at radius 2 is 1.65 bits per heavy atom. The summed E-state index contributed by atoms with van der Waals surface area (Å²) in [6, 6.07) is 18.3. The third-order valence-electron chi connectivity index (χ3n) is 3.26. The Hall–Kier alpha value is -1.07. The van der Waals surface area contributed by atoms with Gasteiger partial charge in [-0.05, 0) is 18.6 Å². The molecule has 0 N–H and O–H groups in total. The van der Waals surface area contributed by atoms with E-state index in [4.69, 9.17) is 9.47 Å². The van der Waals surface area contributed by atoms with Crippen LogP contribution in [-0.2, 0) is 4.74 Å². The number of ether oxygens (including phenoxy) is 2. The summed E-state index contributed by atoms with van der Waals surface area (Å²) in [5.74, 6) is 0.884. The molecule has 0 heterocycles. The molecule has 3 heteroatoms. The van der Waals surface area contributed by atoms with Gasteiger partial charge in [0, 0.05) is 9.99 Å².